The van der Waals surface area contributed by atoms with Crippen LogP contribution in [0.3, 0.4) is 0 Å². The van der Waals surface area contributed by atoms with Crippen LogP contribution in [-0.2, 0) is 0 Å². The molecule has 0 amide bonds. The summed E-state index contributed by atoms with van der Waals surface area (Å²) < 4.78 is 5.83. The van der Waals surface area contributed by atoms with Gasteiger partial charge in [-0.15, -0.1) is 0 Å². The summed E-state index contributed by atoms with van der Waals surface area (Å²) in [5.74, 6) is 0.691. The molecule has 1 atom stereocenters. The van der Waals surface area contributed by atoms with Gasteiger partial charge in [0.25, 0.3) is 0 Å². The van der Waals surface area contributed by atoms with E-state index in [1.165, 1.54) is 22.9 Å². The molecule has 0 aliphatic heterocycles. The standard InChI is InChI=1S/C17H19NO/c1-3-12(2)11-18-13-8-9-17-15(10-13)14-6-4-5-7-16(14)19-17/h4-10,12,18H,3,11H2,1-2H3. The Balaban J connectivity index is 1.97. The molecular weight excluding hydrogens is 234 g/mol. The van der Waals surface area contributed by atoms with Gasteiger partial charge in [-0.25, -0.2) is 0 Å². The molecule has 1 N–H and O–H groups in total. The van der Waals surface area contributed by atoms with E-state index >= 15 is 0 Å². The average Bonchev–Trinajstić information content (AvgIpc) is 2.82. The topological polar surface area (TPSA) is 25.2 Å². The van der Waals surface area contributed by atoms with E-state index in [1.807, 2.05) is 18.2 Å². The zero-order valence-corrected chi connectivity index (χ0v) is 11.4. The van der Waals surface area contributed by atoms with Crippen molar-refractivity contribution in [3.63, 3.8) is 0 Å². The number of furan rings is 1. The average molecular weight is 253 g/mol. The fourth-order valence-corrected chi connectivity index (χ4v) is 2.27. The number of hydrogen-bond acceptors (Lipinski definition) is 2. The predicted octanol–water partition coefficient (Wildman–Crippen LogP) is 5.04. The first kappa shape index (κ1) is 12.1. The summed E-state index contributed by atoms with van der Waals surface area (Å²) in [7, 11) is 0. The van der Waals surface area contributed by atoms with E-state index in [-0.39, 0.29) is 0 Å². The second-order valence-corrected chi connectivity index (χ2v) is 5.20. The van der Waals surface area contributed by atoms with Gasteiger partial charge in [0.05, 0.1) is 0 Å². The van der Waals surface area contributed by atoms with Crippen LogP contribution in [-0.4, -0.2) is 6.54 Å². The summed E-state index contributed by atoms with van der Waals surface area (Å²) in [4.78, 5) is 0. The summed E-state index contributed by atoms with van der Waals surface area (Å²) in [5, 5.41) is 5.87. The van der Waals surface area contributed by atoms with Gasteiger partial charge in [0.15, 0.2) is 0 Å². The van der Waals surface area contributed by atoms with Crippen LogP contribution < -0.4 is 5.32 Å². The molecule has 0 saturated carbocycles. The molecule has 1 heterocycles. The Morgan fingerprint density at radius 1 is 1.05 bits per heavy atom. The Morgan fingerprint density at radius 2 is 1.84 bits per heavy atom. The minimum Gasteiger partial charge on any atom is -0.456 e. The molecule has 0 bridgehead atoms. The van der Waals surface area contributed by atoms with Crippen molar-refractivity contribution in [3.8, 4) is 0 Å². The van der Waals surface area contributed by atoms with Crippen molar-refractivity contribution in [2.45, 2.75) is 20.3 Å². The van der Waals surface area contributed by atoms with E-state index in [4.69, 9.17) is 4.42 Å². The van der Waals surface area contributed by atoms with Crippen molar-refractivity contribution < 1.29 is 4.42 Å². The van der Waals surface area contributed by atoms with Gasteiger partial charge >= 0.3 is 0 Å². The summed E-state index contributed by atoms with van der Waals surface area (Å²) in [6, 6.07) is 14.5. The molecule has 1 unspecified atom stereocenters. The van der Waals surface area contributed by atoms with E-state index in [1.54, 1.807) is 0 Å². The van der Waals surface area contributed by atoms with E-state index in [0.29, 0.717) is 5.92 Å². The number of hydrogen-bond donors (Lipinski definition) is 1. The molecule has 2 aromatic carbocycles. The van der Waals surface area contributed by atoms with Crippen LogP contribution in [0.5, 0.6) is 0 Å². The molecule has 0 aliphatic rings. The first-order chi connectivity index (χ1) is 9.28. The quantitative estimate of drug-likeness (QED) is 0.704. The molecule has 1 aromatic heterocycles. The first-order valence-electron chi connectivity index (χ1n) is 6.93. The molecule has 0 radical (unpaired) electrons. The van der Waals surface area contributed by atoms with Crippen LogP contribution in [0.25, 0.3) is 21.9 Å². The van der Waals surface area contributed by atoms with Crippen LogP contribution in [0.2, 0.25) is 0 Å². The maximum absolute atomic E-state index is 5.83. The van der Waals surface area contributed by atoms with Gasteiger partial charge in [-0.1, -0.05) is 38.5 Å². The van der Waals surface area contributed by atoms with Crippen LogP contribution in [0, 0.1) is 5.92 Å². The SMILES string of the molecule is CCC(C)CNc1ccc2oc3ccccc3c2c1. The van der Waals surface area contributed by atoms with Gasteiger partial charge in [0.2, 0.25) is 0 Å². The fourth-order valence-electron chi connectivity index (χ4n) is 2.27. The maximum Gasteiger partial charge on any atom is 0.135 e. The lowest BCUT2D eigenvalue weighted by Gasteiger charge is -2.11. The lowest BCUT2D eigenvalue weighted by atomic mass is 10.1. The van der Waals surface area contributed by atoms with Crippen molar-refractivity contribution in [2.24, 2.45) is 5.92 Å². The predicted molar refractivity (Wildman–Crippen MR) is 81.7 cm³/mol. The molecule has 0 saturated heterocycles. The Bertz CT molecular complexity index is 699. The Morgan fingerprint density at radius 3 is 2.68 bits per heavy atom. The Kier molecular flexibility index (Phi) is 3.16. The third-order valence-corrected chi connectivity index (χ3v) is 3.73. The summed E-state index contributed by atoms with van der Waals surface area (Å²) in [5.41, 5.74) is 3.08. The molecule has 2 heteroatoms. The smallest absolute Gasteiger partial charge is 0.135 e. The molecule has 2 nitrogen and oxygen atoms in total. The Hall–Kier alpha value is -1.96. The fraction of sp³-hybridized carbons (Fsp3) is 0.294. The van der Waals surface area contributed by atoms with Gasteiger partial charge in [-0.05, 0) is 30.2 Å². The second kappa shape index (κ2) is 4.96. The van der Waals surface area contributed by atoms with Crippen LogP contribution >= 0.6 is 0 Å². The first-order valence-corrected chi connectivity index (χ1v) is 6.93. The summed E-state index contributed by atoms with van der Waals surface area (Å²) in [6.45, 7) is 5.50. The van der Waals surface area contributed by atoms with Crippen molar-refractivity contribution in [1.29, 1.82) is 0 Å². The van der Waals surface area contributed by atoms with E-state index in [2.05, 4.69) is 43.4 Å². The largest absolute Gasteiger partial charge is 0.456 e. The number of benzene rings is 2. The van der Waals surface area contributed by atoms with Gasteiger partial charge in [0.1, 0.15) is 11.2 Å². The maximum atomic E-state index is 5.83. The van der Waals surface area contributed by atoms with Gasteiger partial charge in [-0.2, -0.15) is 0 Å². The van der Waals surface area contributed by atoms with Crippen molar-refractivity contribution >= 4 is 27.6 Å². The van der Waals surface area contributed by atoms with E-state index in [0.717, 1.165) is 17.7 Å². The lowest BCUT2D eigenvalue weighted by molar-refractivity contribution is 0.593. The molecule has 19 heavy (non-hydrogen) atoms. The summed E-state index contributed by atoms with van der Waals surface area (Å²) >= 11 is 0. The normalized spacial score (nSPS) is 12.9. The second-order valence-electron chi connectivity index (χ2n) is 5.20. The zero-order chi connectivity index (χ0) is 13.2. The summed E-state index contributed by atoms with van der Waals surface area (Å²) in [6.07, 6.45) is 1.20. The number of para-hydroxylation sites is 1. The third kappa shape index (κ3) is 2.30. The molecular formula is C17H19NO. The van der Waals surface area contributed by atoms with Gasteiger partial charge in [-0.3, -0.25) is 0 Å². The molecule has 0 fully saturated rings. The van der Waals surface area contributed by atoms with Crippen LogP contribution in [0.15, 0.2) is 46.9 Å². The van der Waals surface area contributed by atoms with Crippen LogP contribution in [0.1, 0.15) is 20.3 Å². The van der Waals surface area contributed by atoms with E-state index < -0.39 is 0 Å². The monoisotopic (exact) mass is 253 g/mol. The highest BCUT2D eigenvalue weighted by molar-refractivity contribution is 6.05. The zero-order valence-electron chi connectivity index (χ0n) is 11.4. The van der Waals surface area contributed by atoms with Crippen LogP contribution in [0.4, 0.5) is 5.69 Å². The Labute approximate surface area is 113 Å². The van der Waals surface area contributed by atoms with Crippen molar-refractivity contribution in [2.75, 3.05) is 11.9 Å². The number of anilines is 1. The van der Waals surface area contributed by atoms with E-state index in [9.17, 15) is 0 Å². The highest BCUT2D eigenvalue weighted by atomic mass is 16.3. The minimum absolute atomic E-state index is 0.691. The number of fused-ring (bicyclic) bond motifs is 3. The number of nitrogens with one attached hydrogen (secondary N) is 1. The molecule has 3 rings (SSSR count). The third-order valence-electron chi connectivity index (χ3n) is 3.73. The molecule has 0 spiro atoms. The van der Waals surface area contributed by atoms with Crippen molar-refractivity contribution in [1.82, 2.24) is 0 Å². The lowest BCUT2D eigenvalue weighted by Crippen LogP contribution is -2.09. The van der Waals surface area contributed by atoms with Gasteiger partial charge in [0, 0.05) is 23.0 Å². The number of rotatable bonds is 4. The molecule has 3 aromatic rings. The van der Waals surface area contributed by atoms with Crippen molar-refractivity contribution in [3.05, 3.63) is 42.5 Å². The minimum atomic E-state index is 0.691. The molecule has 98 valence electrons. The molecule has 0 aliphatic carbocycles. The van der Waals surface area contributed by atoms with Gasteiger partial charge < -0.3 is 9.73 Å². The highest BCUT2D eigenvalue weighted by Gasteiger charge is 2.07. The highest BCUT2D eigenvalue weighted by Crippen LogP contribution is 2.30.